The van der Waals surface area contributed by atoms with E-state index in [-0.39, 0.29) is 5.91 Å². The second kappa shape index (κ2) is 12.1. The number of nitrogens with zero attached hydrogens (tertiary/aromatic N) is 2. The average Bonchev–Trinajstić information content (AvgIpc) is 2.73. The quantitative estimate of drug-likeness (QED) is 0.597. The highest BCUT2D eigenvalue weighted by atomic mass is 16.5. The van der Waals surface area contributed by atoms with Crippen molar-refractivity contribution < 1.29 is 9.53 Å². The van der Waals surface area contributed by atoms with Gasteiger partial charge < -0.3 is 15.0 Å². The molecule has 2 heterocycles. The number of carbonyl (C=O) groups is 1. The van der Waals surface area contributed by atoms with E-state index in [1.165, 1.54) is 45.2 Å². The number of carbonyl (C=O) groups excluding carboxylic acids is 1. The number of hydrogen-bond donors (Lipinski definition) is 1. The summed E-state index contributed by atoms with van der Waals surface area (Å²) in [6, 6.07) is 0.613. The third-order valence-electron chi connectivity index (χ3n) is 6.81. The van der Waals surface area contributed by atoms with Gasteiger partial charge in [0.1, 0.15) is 0 Å². The average molecular weight is 406 g/mol. The fourth-order valence-corrected chi connectivity index (χ4v) is 5.35. The van der Waals surface area contributed by atoms with E-state index in [1.54, 1.807) is 5.57 Å². The highest BCUT2D eigenvalue weighted by Crippen LogP contribution is 2.27. The molecule has 5 heteroatoms. The van der Waals surface area contributed by atoms with Gasteiger partial charge in [-0.15, -0.1) is 0 Å². The van der Waals surface area contributed by atoms with Crippen LogP contribution in [0.5, 0.6) is 0 Å². The predicted octanol–water partition coefficient (Wildman–Crippen LogP) is 3.45. The smallest absolute Gasteiger partial charge is 0.220 e. The van der Waals surface area contributed by atoms with Gasteiger partial charge in [-0.3, -0.25) is 9.69 Å². The van der Waals surface area contributed by atoms with Gasteiger partial charge in [0.2, 0.25) is 5.91 Å². The fourth-order valence-electron chi connectivity index (χ4n) is 5.35. The van der Waals surface area contributed by atoms with E-state index in [4.69, 9.17) is 4.74 Å². The molecule has 3 rings (SSSR count). The molecule has 2 fully saturated rings. The van der Waals surface area contributed by atoms with Gasteiger partial charge in [-0.2, -0.15) is 0 Å². The van der Waals surface area contributed by atoms with Crippen LogP contribution in [-0.4, -0.2) is 74.2 Å². The monoisotopic (exact) mass is 405 g/mol. The van der Waals surface area contributed by atoms with Crippen molar-refractivity contribution in [2.75, 3.05) is 52.5 Å². The first kappa shape index (κ1) is 22.8. The normalized spacial score (nSPS) is 27.1. The molecule has 5 nitrogen and oxygen atoms in total. The SMILES string of the molecule is CC(C)CN1CC[C@@H](N2CCOCC2)[C@@H](CCC(=O)NCCC2=CCCCC2)C1. The number of ether oxygens (including phenoxy) is 1. The van der Waals surface area contributed by atoms with Crippen molar-refractivity contribution in [2.45, 2.75) is 71.3 Å². The number of likely N-dealkylation sites (tertiary alicyclic amines) is 1. The molecule has 0 spiro atoms. The van der Waals surface area contributed by atoms with Crippen LogP contribution in [0.15, 0.2) is 11.6 Å². The Balaban J connectivity index is 1.45. The van der Waals surface area contributed by atoms with Crippen molar-refractivity contribution >= 4 is 5.91 Å². The lowest BCUT2D eigenvalue weighted by Crippen LogP contribution is -2.54. The molecule has 0 bridgehead atoms. The van der Waals surface area contributed by atoms with Crippen LogP contribution in [0.25, 0.3) is 0 Å². The predicted molar refractivity (Wildman–Crippen MR) is 119 cm³/mol. The van der Waals surface area contributed by atoms with Crippen LogP contribution in [0, 0.1) is 11.8 Å². The maximum atomic E-state index is 12.5. The first-order valence-electron chi connectivity index (χ1n) is 12.1. The van der Waals surface area contributed by atoms with Crippen molar-refractivity contribution in [2.24, 2.45) is 11.8 Å². The molecule has 1 amide bonds. The van der Waals surface area contributed by atoms with E-state index in [0.29, 0.717) is 24.3 Å². The molecular formula is C24H43N3O2. The summed E-state index contributed by atoms with van der Waals surface area (Å²) in [4.78, 5) is 17.7. The first-order valence-corrected chi connectivity index (χ1v) is 12.1. The van der Waals surface area contributed by atoms with Crippen LogP contribution in [-0.2, 0) is 9.53 Å². The zero-order valence-corrected chi connectivity index (χ0v) is 18.8. The molecule has 29 heavy (non-hydrogen) atoms. The molecule has 2 atom stereocenters. The van der Waals surface area contributed by atoms with Gasteiger partial charge in [0, 0.05) is 45.2 Å². The van der Waals surface area contributed by atoms with Crippen LogP contribution in [0.2, 0.25) is 0 Å². The van der Waals surface area contributed by atoms with E-state index < -0.39 is 0 Å². The standard InChI is InChI=1S/C24H43N3O2/c1-20(2)18-26-13-11-23(27-14-16-29-17-15-27)22(19-26)8-9-24(28)25-12-10-21-6-4-3-5-7-21/h6,20,22-23H,3-5,7-19H2,1-2H3,(H,25,28)/t22-,23+/m0/s1. The van der Waals surface area contributed by atoms with Crippen LogP contribution in [0.1, 0.15) is 65.2 Å². The van der Waals surface area contributed by atoms with Crippen molar-refractivity contribution in [3.63, 3.8) is 0 Å². The van der Waals surface area contributed by atoms with Crippen molar-refractivity contribution in [3.8, 4) is 0 Å². The van der Waals surface area contributed by atoms with Crippen molar-refractivity contribution in [1.82, 2.24) is 15.1 Å². The molecule has 0 unspecified atom stereocenters. The number of hydrogen-bond acceptors (Lipinski definition) is 4. The van der Waals surface area contributed by atoms with E-state index >= 15 is 0 Å². The zero-order chi connectivity index (χ0) is 20.5. The fraction of sp³-hybridized carbons (Fsp3) is 0.875. The summed E-state index contributed by atoms with van der Waals surface area (Å²) in [6.07, 6.45) is 11.4. The van der Waals surface area contributed by atoms with Gasteiger partial charge in [-0.1, -0.05) is 25.5 Å². The third-order valence-corrected chi connectivity index (χ3v) is 6.81. The van der Waals surface area contributed by atoms with Crippen LogP contribution >= 0.6 is 0 Å². The summed E-state index contributed by atoms with van der Waals surface area (Å²) in [5.74, 6) is 1.53. The largest absolute Gasteiger partial charge is 0.379 e. The molecule has 0 aromatic carbocycles. The maximum absolute atomic E-state index is 12.5. The lowest BCUT2D eigenvalue weighted by Gasteiger charge is -2.45. The van der Waals surface area contributed by atoms with Crippen LogP contribution in [0.4, 0.5) is 0 Å². The van der Waals surface area contributed by atoms with Gasteiger partial charge in [0.15, 0.2) is 0 Å². The zero-order valence-electron chi connectivity index (χ0n) is 18.8. The molecule has 3 aliphatic rings. The first-order chi connectivity index (χ1) is 14.1. The highest BCUT2D eigenvalue weighted by Gasteiger charge is 2.34. The van der Waals surface area contributed by atoms with Crippen molar-refractivity contribution in [1.29, 1.82) is 0 Å². The maximum Gasteiger partial charge on any atom is 0.220 e. The summed E-state index contributed by atoms with van der Waals surface area (Å²) in [5, 5.41) is 3.18. The van der Waals surface area contributed by atoms with Crippen LogP contribution < -0.4 is 5.32 Å². The Labute approximate surface area is 178 Å². The Morgan fingerprint density at radius 1 is 1.24 bits per heavy atom. The van der Waals surface area contributed by atoms with Gasteiger partial charge >= 0.3 is 0 Å². The van der Waals surface area contributed by atoms with Crippen LogP contribution in [0.3, 0.4) is 0 Å². The van der Waals surface area contributed by atoms with Crippen molar-refractivity contribution in [3.05, 3.63) is 11.6 Å². The second-order valence-corrected chi connectivity index (χ2v) is 9.66. The second-order valence-electron chi connectivity index (χ2n) is 9.66. The topological polar surface area (TPSA) is 44.8 Å². The number of piperidine rings is 1. The third kappa shape index (κ3) is 7.69. The highest BCUT2D eigenvalue weighted by molar-refractivity contribution is 5.75. The van der Waals surface area contributed by atoms with Gasteiger partial charge in [0.05, 0.1) is 13.2 Å². The molecule has 0 aromatic heterocycles. The number of rotatable bonds is 9. The summed E-state index contributed by atoms with van der Waals surface area (Å²) >= 11 is 0. The molecule has 0 saturated carbocycles. The molecule has 1 N–H and O–H groups in total. The van der Waals surface area contributed by atoms with E-state index in [9.17, 15) is 4.79 Å². The number of allylic oxidation sites excluding steroid dienone is 1. The lowest BCUT2D eigenvalue weighted by atomic mass is 9.86. The molecule has 0 radical (unpaired) electrons. The minimum absolute atomic E-state index is 0.239. The summed E-state index contributed by atoms with van der Waals surface area (Å²) in [5.41, 5.74) is 1.54. The Morgan fingerprint density at radius 2 is 2.07 bits per heavy atom. The number of amides is 1. The minimum atomic E-state index is 0.239. The summed E-state index contributed by atoms with van der Waals surface area (Å²) < 4.78 is 5.57. The molecule has 0 aromatic rings. The molecule has 166 valence electrons. The van der Waals surface area contributed by atoms with E-state index in [1.807, 2.05) is 0 Å². The van der Waals surface area contributed by atoms with E-state index in [0.717, 1.165) is 52.2 Å². The summed E-state index contributed by atoms with van der Waals surface area (Å²) in [7, 11) is 0. The lowest BCUT2D eigenvalue weighted by molar-refractivity contribution is -0.121. The number of nitrogens with one attached hydrogen (secondary N) is 1. The minimum Gasteiger partial charge on any atom is -0.379 e. The molecule has 2 saturated heterocycles. The van der Waals surface area contributed by atoms with Gasteiger partial charge in [0.25, 0.3) is 0 Å². The summed E-state index contributed by atoms with van der Waals surface area (Å²) in [6.45, 7) is 12.7. The molecular weight excluding hydrogens is 362 g/mol. The Morgan fingerprint density at radius 3 is 2.79 bits per heavy atom. The van der Waals surface area contributed by atoms with Gasteiger partial charge in [-0.05, 0) is 63.3 Å². The molecule has 2 aliphatic heterocycles. The molecule has 1 aliphatic carbocycles. The Kier molecular flexibility index (Phi) is 9.47. The Hall–Kier alpha value is -0.910. The number of morpholine rings is 1. The van der Waals surface area contributed by atoms with E-state index in [2.05, 4.69) is 35.0 Å². The Bertz CT molecular complexity index is 528. The van der Waals surface area contributed by atoms with Gasteiger partial charge in [-0.25, -0.2) is 0 Å².